The van der Waals surface area contributed by atoms with Gasteiger partial charge in [0, 0.05) is 17.2 Å². The molecule has 1 fully saturated rings. The van der Waals surface area contributed by atoms with Crippen LogP contribution in [0, 0.1) is 5.92 Å². The maximum absolute atomic E-state index is 12.3. The minimum atomic E-state index is -0.594. The maximum atomic E-state index is 12.3. The third kappa shape index (κ3) is 2.86. The number of aromatic amines is 1. The van der Waals surface area contributed by atoms with Gasteiger partial charge < -0.3 is 5.32 Å². The number of anilines is 1. The summed E-state index contributed by atoms with van der Waals surface area (Å²) in [6.07, 6.45) is 0.883. The molecule has 3 aromatic rings. The van der Waals surface area contributed by atoms with Crippen LogP contribution >= 0.6 is 0 Å². The van der Waals surface area contributed by atoms with Crippen LogP contribution in [-0.4, -0.2) is 16.0 Å². The van der Waals surface area contributed by atoms with E-state index >= 15 is 0 Å². The van der Waals surface area contributed by atoms with Crippen molar-refractivity contribution in [3.8, 4) is 11.4 Å². The molecular weight excluding hydrogens is 306 g/mol. The molecule has 1 saturated carbocycles. The molecule has 1 heterocycles. The Bertz CT molecular complexity index is 912. The molecule has 2 aromatic carbocycles. The van der Waals surface area contributed by atoms with Crippen LogP contribution in [-0.2, 0) is 4.79 Å². The Hall–Kier alpha value is -3.15. The second-order valence-corrected chi connectivity index (χ2v) is 5.87. The fourth-order valence-corrected chi connectivity index (χ4v) is 2.85. The molecular formula is C18H15N3O3. The summed E-state index contributed by atoms with van der Waals surface area (Å²) in [6.45, 7) is 0. The molecule has 2 N–H and O–H groups in total. The van der Waals surface area contributed by atoms with E-state index in [4.69, 9.17) is 0 Å². The Morgan fingerprint density at radius 3 is 2.54 bits per heavy atom. The lowest BCUT2D eigenvalue weighted by Gasteiger charge is -2.05. The summed E-state index contributed by atoms with van der Waals surface area (Å²) in [6, 6.07) is 17.2. The van der Waals surface area contributed by atoms with E-state index in [2.05, 4.69) is 32.1 Å². The highest BCUT2D eigenvalue weighted by atomic mass is 16.5. The van der Waals surface area contributed by atoms with Crippen molar-refractivity contribution in [3.05, 3.63) is 70.7 Å². The van der Waals surface area contributed by atoms with Gasteiger partial charge in [0.05, 0.1) is 0 Å². The van der Waals surface area contributed by atoms with Crippen LogP contribution in [0.3, 0.4) is 0 Å². The van der Waals surface area contributed by atoms with E-state index in [1.807, 2.05) is 18.2 Å². The Labute approximate surface area is 137 Å². The first-order chi connectivity index (χ1) is 11.7. The number of hydrogen-bond acceptors (Lipinski definition) is 4. The predicted octanol–water partition coefficient (Wildman–Crippen LogP) is 2.77. The number of aromatic nitrogens is 2. The van der Waals surface area contributed by atoms with Crippen LogP contribution in [0.15, 0.2) is 63.9 Å². The van der Waals surface area contributed by atoms with Crippen LogP contribution in [0.1, 0.15) is 17.9 Å². The normalized spacial score (nSPS) is 19.0. The smallest absolute Gasteiger partial charge is 0.326 e. The fourth-order valence-electron chi connectivity index (χ4n) is 2.85. The highest BCUT2D eigenvalue weighted by Crippen LogP contribution is 2.47. The summed E-state index contributed by atoms with van der Waals surface area (Å²) in [5.41, 5.74) is 2.64. The monoisotopic (exact) mass is 321 g/mol. The number of nitrogens with zero attached hydrogens (tertiary/aromatic N) is 1. The van der Waals surface area contributed by atoms with Crippen LogP contribution in [0.25, 0.3) is 11.4 Å². The lowest BCUT2D eigenvalue weighted by molar-refractivity contribution is -0.117. The van der Waals surface area contributed by atoms with Crippen LogP contribution in [0.2, 0.25) is 0 Å². The van der Waals surface area contributed by atoms with Crippen molar-refractivity contribution in [2.24, 2.45) is 5.92 Å². The number of hydrogen-bond donors (Lipinski definition) is 2. The largest absolute Gasteiger partial charge is 0.439 e. The zero-order valence-corrected chi connectivity index (χ0v) is 12.7. The maximum Gasteiger partial charge on any atom is 0.439 e. The van der Waals surface area contributed by atoms with E-state index in [1.54, 1.807) is 24.3 Å². The molecule has 1 aromatic heterocycles. The van der Waals surface area contributed by atoms with Gasteiger partial charge in [-0.15, -0.1) is 0 Å². The van der Waals surface area contributed by atoms with Crippen molar-refractivity contribution in [2.45, 2.75) is 12.3 Å². The molecule has 0 radical (unpaired) electrons. The Kier molecular flexibility index (Phi) is 3.49. The molecule has 6 heteroatoms. The van der Waals surface area contributed by atoms with Gasteiger partial charge in [-0.1, -0.05) is 35.5 Å². The number of rotatable bonds is 4. The summed E-state index contributed by atoms with van der Waals surface area (Å²) in [5, 5.41) is 6.56. The Morgan fingerprint density at radius 1 is 1.12 bits per heavy atom. The molecule has 1 aliphatic carbocycles. The number of carbonyl (C=O) groups is 1. The first kappa shape index (κ1) is 14.4. The van der Waals surface area contributed by atoms with Gasteiger partial charge >= 0.3 is 5.76 Å². The molecule has 0 saturated heterocycles. The van der Waals surface area contributed by atoms with Gasteiger partial charge in [-0.25, -0.2) is 4.79 Å². The van der Waals surface area contributed by atoms with Crippen LogP contribution in [0.5, 0.6) is 0 Å². The zero-order valence-electron chi connectivity index (χ0n) is 12.7. The second-order valence-electron chi connectivity index (χ2n) is 5.87. The van der Waals surface area contributed by atoms with Crippen molar-refractivity contribution in [1.29, 1.82) is 0 Å². The summed E-state index contributed by atoms with van der Waals surface area (Å²) in [4.78, 5) is 25.8. The molecule has 120 valence electrons. The third-order valence-electron chi connectivity index (χ3n) is 4.22. The lowest BCUT2D eigenvalue weighted by atomic mass is 10.1. The fraction of sp³-hybridized carbons (Fsp3) is 0.167. The predicted molar refractivity (Wildman–Crippen MR) is 88.5 cm³/mol. The molecule has 24 heavy (non-hydrogen) atoms. The van der Waals surface area contributed by atoms with E-state index in [9.17, 15) is 9.59 Å². The number of benzene rings is 2. The molecule has 0 aliphatic heterocycles. The van der Waals surface area contributed by atoms with Gasteiger partial charge in [0.2, 0.25) is 5.91 Å². The highest BCUT2D eigenvalue weighted by Gasteiger charge is 2.43. The van der Waals surface area contributed by atoms with Gasteiger partial charge in [-0.2, -0.15) is 0 Å². The Morgan fingerprint density at radius 2 is 1.88 bits per heavy atom. The number of nitrogens with one attached hydrogen (secondary N) is 2. The molecule has 0 spiro atoms. The zero-order chi connectivity index (χ0) is 16.5. The second kappa shape index (κ2) is 5.81. The summed E-state index contributed by atoms with van der Waals surface area (Å²) in [5.74, 6) is 0.142. The van der Waals surface area contributed by atoms with Crippen molar-refractivity contribution < 1.29 is 9.32 Å². The minimum Gasteiger partial charge on any atom is -0.326 e. The van der Waals surface area contributed by atoms with Crippen molar-refractivity contribution >= 4 is 11.6 Å². The number of H-pyrrole nitrogens is 1. The standard InChI is InChI=1S/C18H15N3O3/c22-17(15-10-14(15)11-4-2-1-3-5-11)19-13-8-6-12(7-9-13)16-20-18(23)24-21-16/h1-9,14-15H,10H2,(H,19,22)(H,20,21,23)/t14-,15+/m0/s1. The molecule has 4 rings (SSSR count). The van der Waals surface area contributed by atoms with Crippen LogP contribution in [0.4, 0.5) is 5.69 Å². The van der Waals surface area contributed by atoms with Gasteiger partial charge in [-0.3, -0.25) is 14.3 Å². The molecule has 0 bridgehead atoms. The highest BCUT2D eigenvalue weighted by molar-refractivity contribution is 5.95. The van der Waals surface area contributed by atoms with Crippen LogP contribution < -0.4 is 11.1 Å². The third-order valence-corrected chi connectivity index (χ3v) is 4.22. The molecule has 2 atom stereocenters. The van der Waals surface area contributed by atoms with Crippen molar-refractivity contribution in [3.63, 3.8) is 0 Å². The van der Waals surface area contributed by atoms with Gasteiger partial charge in [0.25, 0.3) is 0 Å². The van der Waals surface area contributed by atoms with Gasteiger partial charge in [-0.05, 0) is 42.2 Å². The van der Waals surface area contributed by atoms with E-state index in [0.717, 1.165) is 6.42 Å². The van der Waals surface area contributed by atoms with E-state index < -0.39 is 5.76 Å². The number of carbonyl (C=O) groups excluding carboxylic acids is 1. The first-order valence-corrected chi connectivity index (χ1v) is 7.73. The SMILES string of the molecule is O=C(Nc1ccc(-c2noc(=O)[nH]2)cc1)[C@@H]1C[C@H]1c1ccccc1. The molecule has 0 unspecified atom stereocenters. The Balaban J connectivity index is 1.41. The summed E-state index contributed by atoms with van der Waals surface area (Å²) >= 11 is 0. The minimum absolute atomic E-state index is 0.0268. The van der Waals surface area contributed by atoms with Crippen molar-refractivity contribution in [2.75, 3.05) is 5.32 Å². The van der Waals surface area contributed by atoms with E-state index in [1.165, 1.54) is 5.56 Å². The van der Waals surface area contributed by atoms with E-state index in [-0.39, 0.29) is 11.8 Å². The van der Waals surface area contributed by atoms with Crippen molar-refractivity contribution in [1.82, 2.24) is 10.1 Å². The quantitative estimate of drug-likeness (QED) is 0.773. The molecule has 1 aliphatic rings. The topological polar surface area (TPSA) is 88.0 Å². The average Bonchev–Trinajstić information content (AvgIpc) is 3.31. The molecule has 1 amide bonds. The van der Waals surface area contributed by atoms with E-state index in [0.29, 0.717) is 23.0 Å². The van der Waals surface area contributed by atoms with Gasteiger partial charge in [0.15, 0.2) is 5.82 Å². The van der Waals surface area contributed by atoms with Gasteiger partial charge in [0.1, 0.15) is 0 Å². The first-order valence-electron chi connectivity index (χ1n) is 7.73. The molecule has 6 nitrogen and oxygen atoms in total. The number of amides is 1. The average molecular weight is 321 g/mol. The summed E-state index contributed by atoms with van der Waals surface area (Å²) < 4.78 is 4.48. The summed E-state index contributed by atoms with van der Waals surface area (Å²) in [7, 11) is 0. The lowest BCUT2D eigenvalue weighted by Crippen LogP contribution is -2.14.